The molecule has 0 bridgehead atoms. The number of morpholine rings is 1. The average Bonchev–Trinajstić information content (AvgIpc) is 2.53. The molecule has 4 heteroatoms. The third-order valence-corrected chi connectivity index (χ3v) is 6.07. The van der Waals surface area contributed by atoms with E-state index < -0.39 is 0 Å². The van der Waals surface area contributed by atoms with E-state index >= 15 is 0 Å². The molecule has 1 amide bonds. The van der Waals surface area contributed by atoms with Crippen molar-refractivity contribution in [2.75, 3.05) is 39.4 Å². The number of piperidine rings is 1. The number of amides is 1. The zero-order chi connectivity index (χ0) is 16.4. The molecule has 132 valence electrons. The summed E-state index contributed by atoms with van der Waals surface area (Å²) >= 11 is 0. The van der Waals surface area contributed by atoms with Crippen molar-refractivity contribution in [1.29, 1.82) is 0 Å². The van der Waals surface area contributed by atoms with Gasteiger partial charge in [-0.15, -0.1) is 0 Å². The van der Waals surface area contributed by atoms with Crippen LogP contribution in [0.25, 0.3) is 0 Å². The Morgan fingerprint density at radius 2 is 1.70 bits per heavy atom. The molecule has 4 nitrogen and oxygen atoms in total. The lowest BCUT2D eigenvalue weighted by atomic mass is 9.67. The van der Waals surface area contributed by atoms with Crippen LogP contribution in [-0.4, -0.2) is 61.1 Å². The molecule has 1 saturated carbocycles. The number of ether oxygens (including phenoxy) is 1. The molecule has 0 radical (unpaired) electrons. The van der Waals surface area contributed by atoms with Crippen LogP contribution in [0.1, 0.15) is 52.9 Å². The lowest BCUT2D eigenvalue weighted by Gasteiger charge is -2.43. The lowest BCUT2D eigenvalue weighted by Crippen LogP contribution is -2.51. The van der Waals surface area contributed by atoms with Gasteiger partial charge in [-0.25, -0.2) is 0 Å². The second kappa shape index (κ2) is 7.10. The van der Waals surface area contributed by atoms with Crippen molar-refractivity contribution < 1.29 is 9.53 Å². The van der Waals surface area contributed by atoms with Crippen molar-refractivity contribution in [3.8, 4) is 0 Å². The SMILES string of the molecule is CC1CC(C(=O)N2CCC(N3CCOCC3)CC2)CC(C)(C)C1. The number of hydrogen-bond acceptors (Lipinski definition) is 3. The Balaban J connectivity index is 1.51. The number of nitrogens with zero attached hydrogens (tertiary/aromatic N) is 2. The molecule has 2 heterocycles. The van der Waals surface area contributed by atoms with Crippen molar-refractivity contribution in [1.82, 2.24) is 9.80 Å². The van der Waals surface area contributed by atoms with E-state index in [0.29, 0.717) is 23.3 Å². The molecule has 3 fully saturated rings. The predicted molar refractivity (Wildman–Crippen MR) is 92.3 cm³/mol. The zero-order valence-electron chi connectivity index (χ0n) is 15.2. The first-order chi connectivity index (χ1) is 10.9. The Kier molecular flexibility index (Phi) is 5.32. The number of hydrogen-bond donors (Lipinski definition) is 0. The first-order valence-electron chi connectivity index (χ1n) is 9.55. The molecule has 2 aliphatic heterocycles. The van der Waals surface area contributed by atoms with Gasteiger partial charge in [0, 0.05) is 38.1 Å². The third kappa shape index (κ3) is 4.27. The molecule has 0 aromatic rings. The van der Waals surface area contributed by atoms with Crippen molar-refractivity contribution in [3.63, 3.8) is 0 Å². The molecule has 23 heavy (non-hydrogen) atoms. The van der Waals surface area contributed by atoms with E-state index in [1.165, 1.54) is 6.42 Å². The fourth-order valence-corrected chi connectivity index (χ4v) is 5.19. The minimum Gasteiger partial charge on any atom is -0.379 e. The van der Waals surface area contributed by atoms with Gasteiger partial charge in [-0.1, -0.05) is 20.8 Å². The molecule has 2 atom stereocenters. The highest BCUT2D eigenvalue weighted by Crippen LogP contribution is 2.42. The summed E-state index contributed by atoms with van der Waals surface area (Å²) in [6.45, 7) is 12.7. The van der Waals surface area contributed by atoms with Crippen molar-refractivity contribution in [2.45, 2.75) is 58.9 Å². The summed E-state index contributed by atoms with van der Waals surface area (Å²) in [5, 5.41) is 0. The summed E-state index contributed by atoms with van der Waals surface area (Å²) < 4.78 is 5.45. The Morgan fingerprint density at radius 1 is 1.04 bits per heavy atom. The second-order valence-corrected chi connectivity index (χ2v) is 8.82. The van der Waals surface area contributed by atoms with Crippen LogP contribution >= 0.6 is 0 Å². The van der Waals surface area contributed by atoms with E-state index in [1.807, 2.05) is 0 Å². The minimum atomic E-state index is 0.258. The van der Waals surface area contributed by atoms with Crippen LogP contribution in [-0.2, 0) is 9.53 Å². The summed E-state index contributed by atoms with van der Waals surface area (Å²) in [5.41, 5.74) is 0.324. The summed E-state index contributed by atoms with van der Waals surface area (Å²) in [6.07, 6.45) is 5.69. The van der Waals surface area contributed by atoms with Gasteiger partial charge < -0.3 is 9.64 Å². The highest BCUT2D eigenvalue weighted by atomic mass is 16.5. The van der Waals surface area contributed by atoms with Crippen molar-refractivity contribution >= 4 is 5.91 Å². The lowest BCUT2D eigenvalue weighted by molar-refractivity contribution is -0.140. The van der Waals surface area contributed by atoms with Crippen LogP contribution < -0.4 is 0 Å². The zero-order valence-corrected chi connectivity index (χ0v) is 15.2. The highest BCUT2D eigenvalue weighted by Gasteiger charge is 2.38. The maximum atomic E-state index is 13.0. The molecule has 2 unspecified atom stereocenters. The summed E-state index contributed by atoms with van der Waals surface area (Å²) in [7, 11) is 0. The van der Waals surface area contributed by atoms with E-state index in [9.17, 15) is 4.79 Å². The van der Waals surface area contributed by atoms with E-state index in [-0.39, 0.29) is 5.92 Å². The predicted octanol–water partition coefficient (Wildman–Crippen LogP) is 2.77. The monoisotopic (exact) mass is 322 g/mol. The first kappa shape index (κ1) is 17.2. The Hall–Kier alpha value is -0.610. The van der Waals surface area contributed by atoms with Gasteiger partial charge in [-0.3, -0.25) is 9.69 Å². The van der Waals surface area contributed by atoms with Gasteiger partial charge in [-0.2, -0.15) is 0 Å². The molecule has 0 spiro atoms. The quantitative estimate of drug-likeness (QED) is 0.784. The van der Waals surface area contributed by atoms with Crippen LogP contribution in [0.4, 0.5) is 0 Å². The molecule has 2 saturated heterocycles. The van der Waals surface area contributed by atoms with Crippen LogP contribution in [0, 0.1) is 17.3 Å². The third-order valence-electron chi connectivity index (χ3n) is 6.07. The maximum absolute atomic E-state index is 13.0. The van der Waals surface area contributed by atoms with E-state index in [1.54, 1.807) is 0 Å². The number of carbonyl (C=O) groups is 1. The van der Waals surface area contributed by atoms with Crippen molar-refractivity contribution in [2.24, 2.45) is 17.3 Å². The van der Waals surface area contributed by atoms with Crippen LogP contribution in [0.5, 0.6) is 0 Å². The largest absolute Gasteiger partial charge is 0.379 e. The van der Waals surface area contributed by atoms with Gasteiger partial charge in [0.15, 0.2) is 0 Å². The Bertz CT molecular complexity index is 410. The van der Waals surface area contributed by atoms with Gasteiger partial charge in [0.05, 0.1) is 13.2 Å². The van der Waals surface area contributed by atoms with E-state index in [2.05, 4.69) is 30.6 Å². The summed E-state index contributed by atoms with van der Waals surface area (Å²) in [4.78, 5) is 17.7. The molecular formula is C19H34N2O2. The maximum Gasteiger partial charge on any atom is 0.225 e. The summed E-state index contributed by atoms with van der Waals surface area (Å²) in [6, 6.07) is 0.657. The molecule has 3 aliphatic rings. The Labute approximate surface area is 141 Å². The average molecular weight is 322 g/mol. The molecule has 0 aromatic heterocycles. The number of carbonyl (C=O) groups excluding carboxylic acids is 1. The topological polar surface area (TPSA) is 32.8 Å². The number of rotatable bonds is 2. The standard InChI is InChI=1S/C19H34N2O2/c1-15-12-16(14-19(2,3)13-15)18(22)21-6-4-17(5-7-21)20-8-10-23-11-9-20/h15-17H,4-14H2,1-3H3. The normalized spacial score (nSPS) is 33.6. The van der Waals surface area contributed by atoms with E-state index in [0.717, 1.165) is 65.1 Å². The van der Waals surface area contributed by atoms with Gasteiger partial charge in [0.2, 0.25) is 5.91 Å². The minimum absolute atomic E-state index is 0.258. The fraction of sp³-hybridized carbons (Fsp3) is 0.947. The number of likely N-dealkylation sites (tertiary alicyclic amines) is 1. The first-order valence-corrected chi connectivity index (χ1v) is 9.55. The second-order valence-electron chi connectivity index (χ2n) is 8.82. The van der Waals surface area contributed by atoms with Crippen molar-refractivity contribution in [3.05, 3.63) is 0 Å². The highest BCUT2D eigenvalue weighted by molar-refractivity contribution is 5.79. The van der Waals surface area contributed by atoms with Gasteiger partial charge in [0.25, 0.3) is 0 Å². The van der Waals surface area contributed by atoms with Crippen LogP contribution in [0.2, 0.25) is 0 Å². The smallest absolute Gasteiger partial charge is 0.225 e. The van der Waals surface area contributed by atoms with E-state index in [4.69, 9.17) is 4.74 Å². The van der Waals surface area contributed by atoms with Gasteiger partial charge >= 0.3 is 0 Å². The summed E-state index contributed by atoms with van der Waals surface area (Å²) in [5.74, 6) is 1.37. The van der Waals surface area contributed by atoms with Gasteiger partial charge in [-0.05, 0) is 43.4 Å². The Morgan fingerprint density at radius 3 is 2.30 bits per heavy atom. The van der Waals surface area contributed by atoms with Crippen LogP contribution in [0.3, 0.4) is 0 Å². The molecule has 0 N–H and O–H groups in total. The molecule has 0 aromatic carbocycles. The molecule has 3 rings (SSSR count). The van der Waals surface area contributed by atoms with Crippen LogP contribution in [0.15, 0.2) is 0 Å². The van der Waals surface area contributed by atoms with Gasteiger partial charge in [0.1, 0.15) is 0 Å². The fourth-order valence-electron chi connectivity index (χ4n) is 5.19. The molecule has 1 aliphatic carbocycles. The molecular weight excluding hydrogens is 288 g/mol.